The summed E-state index contributed by atoms with van der Waals surface area (Å²) >= 11 is 3.18. The molecule has 2 heterocycles. The van der Waals surface area contributed by atoms with Gasteiger partial charge in [-0.25, -0.2) is 4.79 Å². The molecule has 0 aliphatic carbocycles. The number of aromatic nitrogens is 2. The molecule has 17 heavy (non-hydrogen) atoms. The molecule has 5 nitrogen and oxygen atoms in total. The van der Waals surface area contributed by atoms with Gasteiger partial charge in [-0.05, 0) is 41.9 Å². The number of aromatic carboxylic acids is 1. The van der Waals surface area contributed by atoms with E-state index in [1.54, 1.807) is 16.8 Å². The minimum atomic E-state index is -1.01. The van der Waals surface area contributed by atoms with Gasteiger partial charge in [-0.1, -0.05) is 0 Å². The Labute approximate surface area is 106 Å². The van der Waals surface area contributed by atoms with Crippen molar-refractivity contribution in [2.75, 3.05) is 0 Å². The molecule has 0 saturated carbocycles. The minimum Gasteiger partial charge on any atom is -0.478 e. The third-order valence-corrected chi connectivity index (χ3v) is 2.72. The number of carboxylic acid groups (broad SMARTS) is 1. The highest BCUT2D eigenvalue weighted by atomic mass is 79.9. The fourth-order valence-corrected chi connectivity index (χ4v) is 1.74. The summed E-state index contributed by atoms with van der Waals surface area (Å²) in [5.41, 5.74) is 0.484. The van der Waals surface area contributed by atoms with Crippen molar-refractivity contribution in [3.63, 3.8) is 0 Å². The zero-order valence-corrected chi connectivity index (χ0v) is 10.9. The molecule has 0 amide bonds. The van der Waals surface area contributed by atoms with Crippen molar-refractivity contribution in [3.05, 3.63) is 28.6 Å². The third-order valence-electron chi connectivity index (χ3n) is 2.30. The van der Waals surface area contributed by atoms with Gasteiger partial charge in [-0.2, -0.15) is 5.10 Å². The molecule has 0 atom stereocenters. The number of furan rings is 1. The number of carbonyl (C=O) groups is 1. The summed E-state index contributed by atoms with van der Waals surface area (Å²) in [5, 5.41) is 13.4. The van der Waals surface area contributed by atoms with Crippen LogP contribution >= 0.6 is 15.9 Å². The maximum Gasteiger partial charge on any atom is 0.339 e. The minimum absolute atomic E-state index is 0.0975. The van der Waals surface area contributed by atoms with E-state index in [1.807, 2.05) is 13.8 Å². The molecular weight excluding hydrogens is 288 g/mol. The number of carboxylic acids is 1. The zero-order valence-electron chi connectivity index (χ0n) is 9.35. The van der Waals surface area contributed by atoms with Gasteiger partial charge >= 0.3 is 5.97 Å². The third kappa shape index (κ3) is 2.26. The summed E-state index contributed by atoms with van der Waals surface area (Å²) < 4.78 is 7.48. The highest BCUT2D eigenvalue weighted by Crippen LogP contribution is 2.27. The van der Waals surface area contributed by atoms with Gasteiger partial charge in [0.15, 0.2) is 10.4 Å². The summed E-state index contributed by atoms with van der Waals surface area (Å²) in [7, 11) is 0. The molecule has 0 fully saturated rings. The average Bonchev–Trinajstić information content (AvgIpc) is 2.82. The normalized spacial score (nSPS) is 11.1. The molecule has 2 aromatic rings. The van der Waals surface area contributed by atoms with Gasteiger partial charge in [-0.15, -0.1) is 0 Å². The molecule has 90 valence electrons. The number of rotatable bonds is 3. The molecular formula is C11H11BrN2O3. The lowest BCUT2D eigenvalue weighted by molar-refractivity contribution is 0.0697. The van der Waals surface area contributed by atoms with Crippen LogP contribution in [0.5, 0.6) is 0 Å². The molecule has 2 rings (SSSR count). The highest BCUT2D eigenvalue weighted by Gasteiger charge is 2.20. The van der Waals surface area contributed by atoms with E-state index in [0.29, 0.717) is 16.1 Å². The zero-order chi connectivity index (χ0) is 12.6. The predicted molar refractivity (Wildman–Crippen MR) is 65.0 cm³/mol. The maximum atomic E-state index is 11.1. The first kappa shape index (κ1) is 11.9. The monoisotopic (exact) mass is 298 g/mol. The van der Waals surface area contributed by atoms with Crippen molar-refractivity contribution in [3.8, 4) is 11.5 Å². The molecule has 0 radical (unpaired) electrons. The van der Waals surface area contributed by atoms with Crippen LogP contribution in [0, 0.1) is 0 Å². The summed E-state index contributed by atoms with van der Waals surface area (Å²) in [5.74, 6) is -0.576. The van der Waals surface area contributed by atoms with Gasteiger partial charge in [0, 0.05) is 12.2 Å². The van der Waals surface area contributed by atoms with E-state index in [2.05, 4.69) is 21.0 Å². The fourth-order valence-electron chi connectivity index (χ4n) is 1.44. The quantitative estimate of drug-likeness (QED) is 0.945. The van der Waals surface area contributed by atoms with Crippen LogP contribution in [0.15, 0.2) is 27.4 Å². The molecule has 0 spiro atoms. The van der Waals surface area contributed by atoms with Gasteiger partial charge in [0.25, 0.3) is 0 Å². The van der Waals surface area contributed by atoms with Crippen LogP contribution in [0.4, 0.5) is 0 Å². The average molecular weight is 299 g/mol. The standard InChI is InChI=1S/C11H11BrN2O3/c1-6(2)14-5-7(11(15)16)10(13-14)8-3-4-9(12)17-8/h3-6H,1-2H3,(H,15,16). The van der Waals surface area contributed by atoms with E-state index >= 15 is 0 Å². The lowest BCUT2D eigenvalue weighted by atomic mass is 10.2. The maximum absolute atomic E-state index is 11.1. The Morgan fingerprint density at radius 1 is 1.53 bits per heavy atom. The van der Waals surface area contributed by atoms with Crippen molar-refractivity contribution in [1.82, 2.24) is 9.78 Å². The van der Waals surface area contributed by atoms with Crippen molar-refractivity contribution >= 4 is 21.9 Å². The van der Waals surface area contributed by atoms with E-state index in [4.69, 9.17) is 9.52 Å². The smallest absolute Gasteiger partial charge is 0.339 e. The lowest BCUT2D eigenvalue weighted by Gasteiger charge is -2.02. The Morgan fingerprint density at radius 3 is 2.71 bits per heavy atom. The molecule has 0 unspecified atom stereocenters. The van der Waals surface area contributed by atoms with E-state index in [9.17, 15) is 4.79 Å². The van der Waals surface area contributed by atoms with E-state index in [0.717, 1.165) is 0 Å². The number of hydrogen-bond acceptors (Lipinski definition) is 3. The second kappa shape index (κ2) is 4.37. The Morgan fingerprint density at radius 2 is 2.24 bits per heavy atom. The molecule has 1 N–H and O–H groups in total. The molecule has 0 aliphatic heterocycles. The van der Waals surface area contributed by atoms with Crippen LogP contribution in [0.2, 0.25) is 0 Å². The Bertz CT molecular complexity index is 557. The summed E-state index contributed by atoms with van der Waals surface area (Å²) in [6.07, 6.45) is 1.51. The van der Waals surface area contributed by atoms with E-state index in [1.165, 1.54) is 6.20 Å². The van der Waals surface area contributed by atoms with E-state index in [-0.39, 0.29) is 11.6 Å². The van der Waals surface area contributed by atoms with Crippen molar-refractivity contribution in [2.45, 2.75) is 19.9 Å². The molecule has 2 aromatic heterocycles. The van der Waals surface area contributed by atoms with Gasteiger partial charge in [0.1, 0.15) is 11.3 Å². The number of nitrogens with zero attached hydrogens (tertiary/aromatic N) is 2. The Kier molecular flexibility index (Phi) is 3.06. The van der Waals surface area contributed by atoms with Gasteiger partial charge in [0.05, 0.1) is 0 Å². The van der Waals surface area contributed by atoms with E-state index < -0.39 is 5.97 Å². The Balaban J connectivity index is 2.55. The topological polar surface area (TPSA) is 68.3 Å². The van der Waals surface area contributed by atoms with Crippen LogP contribution in [0.1, 0.15) is 30.2 Å². The summed E-state index contributed by atoms with van der Waals surface area (Å²) in [4.78, 5) is 11.1. The Hall–Kier alpha value is -1.56. The predicted octanol–water partition coefficient (Wildman–Crippen LogP) is 3.18. The van der Waals surface area contributed by atoms with Crippen LogP contribution in [0.25, 0.3) is 11.5 Å². The van der Waals surface area contributed by atoms with Crippen LogP contribution in [0.3, 0.4) is 0 Å². The summed E-state index contributed by atoms with van der Waals surface area (Å²) in [6, 6.07) is 3.49. The molecule has 6 heteroatoms. The molecule has 0 aromatic carbocycles. The van der Waals surface area contributed by atoms with Gasteiger partial charge in [0.2, 0.25) is 0 Å². The number of hydrogen-bond donors (Lipinski definition) is 1. The van der Waals surface area contributed by atoms with Crippen molar-refractivity contribution in [1.29, 1.82) is 0 Å². The first-order valence-corrected chi connectivity index (χ1v) is 5.86. The molecule has 0 aliphatic rings. The summed E-state index contributed by atoms with van der Waals surface area (Å²) in [6.45, 7) is 3.86. The van der Waals surface area contributed by atoms with Gasteiger partial charge in [-0.3, -0.25) is 4.68 Å². The largest absolute Gasteiger partial charge is 0.478 e. The van der Waals surface area contributed by atoms with Gasteiger partial charge < -0.3 is 9.52 Å². The SMILES string of the molecule is CC(C)n1cc(C(=O)O)c(-c2ccc(Br)o2)n1. The first-order chi connectivity index (χ1) is 7.99. The first-order valence-electron chi connectivity index (χ1n) is 5.07. The van der Waals surface area contributed by atoms with Crippen LogP contribution in [-0.2, 0) is 0 Å². The van der Waals surface area contributed by atoms with Crippen molar-refractivity contribution < 1.29 is 14.3 Å². The highest BCUT2D eigenvalue weighted by molar-refractivity contribution is 9.10. The lowest BCUT2D eigenvalue weighted by Crippen LogP contribution is -2.00. The number of halogens is 1. The molecule has 0 bridgehead atoms. The van der Waals surface area contributed by atoms with Crippen LogP contribution in [-0.4, -0.2) is 20.9 Å². The second-order valence-corrected chi connectivity index (χ2v) is 4.66. The second-order valence-electron chi connectivity index (χ2n) is 3.87. The fraction of sp³-hybridized carbons (Fsp3) is 0.273. The van der Waals surface area contributed by atoms with Crippen molar-refractivity contribution in [2.24, 2.45) is 0 Å². The molecule has 0 saturated heterocycles. The van der Waals surface area contributed by atoms with Crippen LogP contribution < -0.4 is 0 Å².